The third-order valence-corrected chi connectivity index (χ3v) is 5.39. The molecule has 2 heterocycles. The van der Waals surface area contributed by atoms with Gasteiger partial charge in [-0.25, -0.2) is 4.98 Å². The lowest BCUT2D eigenvalue weighted by Crippen LogP contribution is -2.15. The quantitative estimate of drug-likeness (QED) is 0.419. The first-order valence-electron chi connectivity index (χ1n) is 8.66. The van der Waals surface area contributed by atoms with E-state index in [1.165, 1.54) is 23.1 Å². The molecule has 1 N–H and O–H groups in total. The Kier molecular flexibility index (Phi) is 6.83. The van der Waals surface area contributed by atoms with Crippen molar-refractivity contribution in [3.63, 3.8) is 0 Å². The van der Waals surface area contributed by atoms with Gasteiger partial charge in [-0.3, -0.25) is 9.36 Å². The lowest BCUT2D eigenvalue weighted by atomic mass is 10.2. The van der Waals surface area contributed by atoms with Gasteiger partial charge in [0, 0.05) is 18.1 Å². The summed E-state index contributed by atoms with van der Waals surface area (Å²) in [5.41, 5.74) is 1.12. The van der Waals surface area contributed by atoms with E-state index < -0.39 is 0 Å². The molecule has 1 amide bonds. The maximum Gasteiger partial charge on any atom is 0.236 e. The number of nitrogens with one attached hydrogen (secondary N) is 1. The molecule has 0 aliphatic carbocycles. The van der Waals surface area contributed by atoms with Gasteiger partial charge >= 0.3 is 0 Å². The van der Waals surface area contributed by atoms with Crippen molar-refractivity contribution in [2.75, 3.05) is 11.1 Å². The van der Waals surface area contributed by atoms with E-state index in [-0.39, 0.29) is 17.8 Å². The number of hydrogen-bond acceptors (Lipinski definition) is 7. The normalized spacial score (nSPS) is 11.8. The first-order valence-corrected chi connectivity index (χ1v) is 10.5. The molecule has 0 saturated carbocycles. The van der Waals surface area contributed by atoms with Crippen LogP contribution in [-0.2, 0) is 11.3 Å². The summed E-state index contributed by atoms with van der Waals surface area (Å²) in [6.45, 7) is 8.28. The Labute approximate surface area is 171 Å². The Morgan fingerprint density at radius 3 is 3.04 bits per heavy atom. The largest absolute Gasteiger partial charge is 0.483 e. The highest BCUT2D eigenvalue weighted by Gasteiger charge is 2.20. The minimum Gasteiger partial charge on any atom is -0.483 e. The monoisotopic (exact) mass is 415 g/mol. The molecule has 1 atom stereocenters. The standard InChI is InChI=1S/C19H21N5O2S2/c1-4-9-24-17(14(3)26-15-7-5-6-13(2)11-15)22-23-19(24)28-12-16(25)21-18-20-8-10-27-18/h4-8,10-11,14H,1,9,12H2,2-3H3,(H,20,21,25). The van der Waals surface area contributed by atoms with Gasteiger partial charge in [0.15, 0.2) is 22.2 Å². The van der Waals surface area contributed by atoms with Gasteiger partial charge in [-0.1, -0.05) is 30.0 Å². The van der Waals surface area contributed by atoms with Gasteiger partial charge in [-0.05, 0) is 31.5 Å². The number of benzene rings is 1. The summed E-state index contributed by atoms with van der Waals surface area (Å²) in [5.74, 6) is 1.53. The second kappa shape index (κ2) is 9.52. The van der Waals surface area contributed by atoms with Crippen LogP contribution < -0.4 is 10.1 Å². The molecular weight excluding hydrogens is 394 g/mol. The molecule has 0 fully saturated rings. The van der Waals surface area contributed by atoms with Crippen LogP contribution in [0.1, 0.15) is 24.4 Å². The van der Waals surface area contributed by atoms with Crippen molar-refractivity contribution in [3.05, 3.63) is 59.9 Å². The number of thioether (sulfide) groups is 1. The van der Waals surface area contributed by atoms with Crippen molar-refractivity contribution < 1.29 is 9.53 Å². The number of nitrogens with zero attached hydrogens (tertiary/aromatic N) is 4. The molecule has 0 aliphatic rings. The molecule has 1 aromatic carbocycles. The van der Waals surface area contributed by atoms with E-state index in [9.17, 15) is 4.79 Å². The van der Waals surface area contributed by atoms with Crippen LogP contribution in [0.4, 0.5) is 5.13 Å². The van der Waals surface area contributed by atoms with Crippen LogP contribution in [0.5, 0.6) is 5.75 Å². The third-order valence-electron chi connectivity index (χ3n) is 3.73. The van der Waals surface area contributed by atoms with Gasteiger partial charge in [0.1, 0.15) is 5.75 Å². The van der Waals surface area contributed by atoms with Crippen LogP contribution in [0.2, 0.25) is 0 Å². The molecule has 28 heavy (non-hydrogen) atoms. The number of amides is 1. The van der Waals surface area contributed by atoms with Gasteiger partial charge in [-0.15, -0.1) is 28.1 Å². The van der Waals surface area contributed by atoms with E-state index in [0.717, 1.165) is 11.3 Å². The van der Waals surface area contributed by atoms with Crippen molar-refractivity contribution in [3.8, 4) is 5.75 Å². The molecule has 0 spiro atoms. The van der Waals surface area contributed by atoms with Crippen LogP contribution in [0.3, 0.4) is 0 Å². The number of carbonyl (C=O) groups is 1. The highest BCUT2D eigenvalue weighted by Crippen LogP contribution is 2.25. The molecule has 7 nitrogen and oxygen atoms in total. The van der Waals surface area contributed by atoms with Crippen molar-refractivity contribution in [1.29, 1.82) is 0 Å². The number of allylic oxidation sites excluding steroid dienone is 1. The molecule has 0 radical (unpaired) electrons. The fourth-order valence-electron chi connectivity index (χ4n) is 2.52. The molecule has 9 heteroatoms. The number of hydrogen-bond donors (Lipinski definition) is 1. The summed E-state index contributed by atoms with van der Waals surface area (Å²) < 4.78 is 7.94. The van der Waals surface area contributed by atoms with E-state index in [1.807, 2.05) is 48.1 Å². The van der Waals surface area contributed by atoms with Crippen LogP contribution in [0.15, 0.2) is 53.7 Å². The van der Waals surface area contributed by atoms with Gasteiger partial charge in [0.25, 0.3) is 0 Å². The first kappa shape index (κ1) is 20.1. The minimum atomic E-state index is -0.298. The topological polar surface area (TPSA) is 81.9 Å². The lowest BCUT2D eigenvalue weighted by molar-refractivity contribution is -0.113. The summed E-state index contributed by atoms with van der Waals surface area (Å²) in [7, 11) is 0. The fraction of sp³-hybridized carbons (Fsp3) is 0.263. The molecule has 1 unspecified atom stereocenters. The van der Waals surface area contributed by atoms with Crippen LogP contribution in [0.25, 0.3) is 0 Å². The zero-order valence-electron chi connectivity index (χ0n) is 15.7. The van der Waals surface area contributed by atoms with Crippen molar-refractivity contribution in [2.45, 2.75) is 31.7 Å². The molecule has 0 bridgehead atoms. The lowest BCUT2D eigenvalue weighted by Gasteiger charge is -2.16. The molecule has 3 rings (SSSR count). The molecule has 3 aromatic rings. The number of thiazole rings is 1. The highest BCUT2D eigenvalue weighted by molar-refractivity contribution is 7.99. The summed E-state index contributed by atoms with van der Waals surface area (Å²) in [6.07, 6.45) is 3.12. The molecule has 0 aliphatic heterocycles. The van der Waals surface area contributed by atoms with Crippen molar-refractivity contribution in [2.24, 2.45) is 0 Å². The van der Waals surface area contributed by atoms with Crippen molar-refractivity contribution >= 4 is 34.1 Å². The van der Waals surface area contributed by atoms with Gasteiger partial charge in [0.2, 0.25) is 5.91 Å². The minimum absolute atomic E-state index is 0.140. The van der Waals surface area contributed by atoms with E-state index in [4.69, 9.17) is 4.74 Å². The molecule has 2 aromatic heterocycles. The smallest absolute Gasteiger partial charge is 0.236 e. The number of rotatable bonds is 9. The molecule has 146 valence electrons. The summed E-state index contributed by atoms with van der Waals surface area (Å²) in [5, 5.41) is 14.3. The predicted molar refractivity (Wildman–Crippen MR) is 112 cm³/mol. The van der Waals surface area contributed by atoms with E-state index >= 15 is 0 Å². The van der Waals surface area contributed by atoms with Crippen molar-refractivity contribution in [1.82, 2.24) is 19.7 Å². The summed E-state index contributed by atoms with van der Waals surface area (Å²) in [4.78, 5) is 16.1. The number of aryl methyl sites for hydroxylation is 1. The number of aromatic nitrogens is 4. The number of anilines is 1. The Bertz CT molecular complexity index is 940. The second-order valence-electron chi connectivity index (χ2n) is 5.99. The first-order chi connectivity index (χ1) is 13.6. The fourth-order valence-corrected chi connectivity index (χ4v) is 3.82. The molecule has 0 saturated heterocycles. The van der Waals surface area contributed by atoms with E-state index in [2.05, 4.69) is 27.1 Å². The Hall–Kier alpha value is -2.65. The second-order valence-corrected chi connectivity index (χ2v) is 7.83. The SMILES string of the molecule is C=CCn1c(SCC(=O)Nc2nccs2)nnc1C(C)Oc1cccc(C)c1. The highest BCUT2D eigenvalue weighted by atomic mass is 32.2. The van der Waals surface area contributed by atoms with Crippen LogP contribution >= 0.6 is 23.1 Å². The average molecular weight is 416 g/mol. The Morgan fingerprint density at radius 1 is 1.46 bits per heavy atom. The maximum atomic E-state index is 12.1. The van der Waals surface area contributed by atoms with E-state index in [0.29, 0.717) is 22.7 Å². The zero-order chi connectivity index (χ0) is 19.9. The summed E-state index contributed by atoms with van der Waals surface area (Å²) in [6, 6.07) is 7.86. The van der Waals surface area contributed by atoms with Gasteiger partial charge in [-0.2, -0.15) is 0 Å². The Morgan fingerprint density at radius 2 is 2.32 bits per heavy atom. The van der Waals surface area contributed by atoms with Gasteiger partial charge in [0.05, 0.1) is 5.75 Å². The summed E-state index contributed by atoms with van der Waals surface area (Å²) >= 11 is 2.69. The maximum absolute atomic E-state index is 12.1. The average Bonchev–Trinajstić information content (AvgIpc) is 3.30. The van der Waals surface area contributed by atoms with Gasteiger partial charge < -0.3 is 10.1 Å². The van der Waals surface area contributed by atoms with E-state index in [1.54, 1.807) is 12.3 Å². The number of carbonyl (C=O) groups excluding carboxylic acids is 1. The number of ether oxygens (including phenoxy) is 1. The van der Waals surface area contributed by atoms with Crippen LogP contribution in [-0.4, -0.2) is 31.4 Å². The van der Waals surface area contributed by atoms with Crippen LogP contribution in [0, 0.1) is 6.92 Å². The third kappa shape index (κ3) is 5.20. The Balaban J connectivity index is 1.68. The molecular formula is C19H21N5O2S2. The predicted octanol–water partition coefficient (Wildman–Crippen LogP) is 4.10. The zero-order valence-corrected chi connectivity index (χ0v) is 17.3.